The van der Waals surface area contributed by atoms with Crippen LogP contribution in [-0.2, 0) is 18.4 Å². The van der Waals surface area contributed by atoms with E-state index in [-0.39, 0.29) is 23.9 Å². The van der Waals surface area contributed by atoms with Gasteiger partial charge in [-0.05, 0) is 25.1 Å². The topological polar surface area (TPSA) is 144 Å². The maximum Gasteiger partial charge on any atom is 0.337 e. The fraction of sp³-hybridized carbons (Fsp3) is 0.176. The van der Waals surface area contributed by atoms with E-state index in [9.17, 15) is 15.0 Å². The molecule has 28 heavy (non-hydrogen) atoms. The Hall–Kier alpha value is -4.02. The summed E-state index contributed by atoms with van der Waals surface area (Å²) in [6.45, 7) is 1.53. The first kappa shape index (κ1) is 17.4. The van der Waals surface area contributed by atoms with Crippen LogP contribution in [0.3, 0.4) is 0 Å². The average molecular weight is 381 g/mol. The Balaban J connectivity index is 1.78. The highest BCUT2D eigenvalue weighted by molar-refractivity contribution is 5.80. The monoisotopic (exact) mass is 381 g/mol. The lowest BCUT2D eigenvalue weighted by Gasteiger charge is -2.01. The molecule has 4 aromatic rings. The second-order valence-corrected chi connectivity index (χ2v) is 6.06. The van der Waals surface area contributed by atoms with Gasteiger partial charge >= 0.3 is 11.9 Å². The van der Waals surface area contributed by atoms with Gasteiger partial charge in [0.25, 0.3) is 5.95 Å². The summed E-state index contributed by atoms with van der Waals surface area (Å²) < 4.78 is 7.88. The van der Waals surface area contributed by atoms with Crippen molar-refractivity contribution in [2.24, 2.45) is 17.3 Å². The van der Waals surface area contributed by atoms with E-state index in [2.05, 4.69) is 25.5 Å². The van der Waals surface area contributed by atoms with Gasteiger partial charge in [0.1, 0.15) is 12.2 Å². The first-order chi connectivity index (χ1) is 13.4. The van der Waals surface area contributed by atoms with Crippen molar-refractivity contribution >= 4 is 28.6 Å². The Bertz CT molecular complexity index is 1200. The average Bonchev–Trinajstić information content (AvgIpc) is 3.30. The Morgan fingerprint density at radius 2 is 2.07 bits per heavy atom. The van der Waals surface area contributed by atoms with Gasteiger partial charge in [-0.2, -0.15) is 5.10 Å². The molecule has 0 atom stereocenters. The van der Waals surface area contributed by atoms with E-state index in [1.807, 2.05) is 6.92 Å². The zero-order valence-corrected chi connectivity index (χ0v) is 14.9. The summed E-state index contributed by atoms with van der Waals surface area (Å²) in [5.74, 6) is -1.49. The number of aliphatic carboxylic acids is 1. The molecule has 0 aliphatic heterocycles. The SMILES string of the molecule is Cc1cc(-c2noc(O)c2N=Nc2nc3ccccc3n2CC(=O)O)nn1C. The summed E-state index contributed by atoms with van der Waals surface area (Å²) in [5, 5.41) is 35.3. The largest absolute Gasteiger partial charge is 0.480 e. The number of para-hydroxylation sites is 2. The Labute approximate surface area is 157 Å². The number of azo groups is 1. The van der Waals surface area contributed by atoms with Crippen LogP contribution in [0.15, 0.2) is 45.1 Å². The fourth-order valence-corrected chi connectivity index (χ4v) is 2.74. The highest BCUT2D eigenvalue weighted by Gasteiger charge is 2.21. The predicted octanol–water partition coefficient (Wildman–Crippen LogP) is 2.94. The zero-order valence-electron chi connectivity index (χ0n) is 14.9. The van der Waals surface area contributed by atoms with Crippen LogP contribution in [0.25, 0.3) is 22.4 Å². The number of aromatic hydroxyl groups is 1. The summed E-state index contributed by atoms with van der Waals surface area (Å²) in [5.41, 5.74) is 2.71. The fourth-order valence-electron chi connectivity index (χ4n) is 2.74. The number of hydrogen-bond donors (Lipinski definition) is 2. The molecule has 0 unspecified atom stereocenters. The Kier molecular flexibility index (Phi) is 4.11. The summed E-state index contributed by atoms with van der Waals surface area (Å²) in [6, 6.07) is 8.80. The summed E-state index contributed by atoms with van der Waals surface area (Å²) in [6.07, 6.45) is 0. The van der Waals surface area contributed by atoms with Crippen molar-refractivity contribution in [2.75, 3.05) is 0 Å². The number of aryl methyl sites for hydroxylation is 2. The molecule has 3 heterocycles. The third kappa shape index (κ3) is 2.98. The zero-order chi connectivity index (χ0) is 19.8. The minimum absolute atomic E-state index is 0.0213. The second kappa shape index (κ2) is 6.61. The first-order valence-electron chi connectivity index (χ1n) is 8.22. The lowest BCUT2D eigenvalue weighted by Crippen LogP contribution is -2.07. The molecular weight excluding hydrogens is 366 g/mol. The number of imidazole rings is 1. The van der Waals surface area contributed by atoms with Crippen LogP contribution in [0.4, 0.5) is 11.6 Å². The van der Waals surface area contributed by atoms with Gasteiger partial charge in [-0.15, -0.1) is 10.2 Å². The van der Waals surface area contributed by atoms with Crippen LogP contribution >= 0.6 is 0 Å². The molecule has 0 spiro atoms. The molecule has 1 aromatic carbocycles. The van der Waals surface area contributed by atoms with E-state index in [0.717, 1.165) is 5.69 Å². The van der Waals surface area contributed by atoms with E-state index >= 15 is 0 Å². The minimum atomic E-state index is -1.04. The number of rotatable bonds is 5. The molecule has 0 amide bonds. The van der Waals surface area contributed by atoms with Gasteiger partial charge in [0, 0.05) is 12.7 Å². The second-order valence-electron chi connectivity index (χ2n) is 6.06. The molecule has 0 radical (unpaired) electrons. The van der Waals surface area contributed by atoms with Gasteiger partial charge in [-0.1, -0.05) is 17.3 Å². The number of fused-ring (bicyclic) bond motifs is 1. The molecule has 0 saturated carbocycles. The predicted molar refractivity (Wildman–Crippen MR) is 96.7 cm³/mol. The van der Waals surface area contributed by atoms with Gasteiger partial charge in [-0.3, -0.25) is 14.0 Å². The molecule has 2 N–H and O–H groups in total. The third-order valence-corrected chi connectivity index (χ3v) is 4.17. The van der Waals surface area contributed by atoms with Crippen LogP contribution in [0.2, 0.25) is 0 Å². The lowest BCUT2D eigenvalue weighted by atomic mass is 10.2. The van der Waals surface area contributed by atoms with Gasteiger partial charge in [0.05, 0.1) is 11.0 Å². The van der Waals surface area contributed by atoms with Crippen molar-refractivity contribution in [1.29, 1.82) is 0 Å². The lowest BCUT2D eigenvalue weighted by molar-refractivity contribution is -0.137. The molecule has 3 aromatic heterocycles. The van der Waals surface area contributed by atoms with E-state index in [1.54, 1.807) is 42.1 Å². The molecular formula is C17H15N7O4. The van der Waals surface area contributed by atoms with Crippen LogP contribution in [-0.4, -0.2) is 40.7 Å². The highest BCUT2D eigenvalue weighted by Crippen LogP contribution is 2.38. The Morgan fingerprint density at radius 1 is 1.29 bits per heavy atom. The number of carboxylic acid groups (broad SMARTS) is 1. The van der Waals surface area contributed by atoms with Gasteiger partial charge < -0.3 is 14.7 Å². The van der Waals surface area contributed by atoms with Gasteiger partial charge in [0.2, 0.25) is 0 Å². The number of benzene rings is 1. The number of aromatic nitrogens is 5. The first-order valence-corrected chi connectivity index (χ1v) is 8.22. The summed E-state index contributed by atoms with van der Waals surface area (Å²) in [7, 11) is 1.77. The van der Waals surface area contributed by atoms with E-state index < -0.39 is 11.9 Å². The van der Waals surface area contributed by atoms with E-state index in [0.29, 0.717) is 16.7 Å². The number of carboxylic acids is 1. The number of carbonyl (C=O) groups is 1. The van der Waals surface area contributed by atoms with E-state index in [4.69, 9.17) is 4.52 Å². The maximum atomic E-state index is 11.2. The number of nitrogens with zero attached hydrogens (tertiary/aromatic N) is 7. The van der Waals surface area contributed by atoms with Gasteiger partial charge in [0.15, 0.2) is 11.4 Å². The smallest absolute Gasteiger partial charge is 0.337 e. The third-order valence-electron chi connectivity index (χ3n) is 4.17. The highest BCUT2D eigenvalue weighted by atomic mass is 16.5. The van der Waals surface area contributed by atoms with Crippen LogP contribution in [0.1, 0.15) is 5.69 Å². The Morgan fingerprint density at radius 3 is 2.79 bits per heavy atom. The molecule has 11 nitrogen and oxygen atoms in total. The van der Waals surface area contributed by atoms with Crippen molar-refractivity contribution in [3.05, 3.63) is 36.0 Å². The normalized spacial score (nSPS) is 11.6. The van der Waals surface area contributed by atoms with Crippen LogP contribution in [0, 0.1) is 6.92 Å². The van der Waals surface area contributed by atoms with Crippen LogP contribution in [0.5, 0.6) is 5.95 Å². The van der Waals surface area contributed by atoms with Crippen molar-refractivity contribution in [3.63, 3.8) is 0 Å². The van der Waals surface area contributed by atoms with Crippen molar-refractivity contribution in [3.8, 4) is 17.3 Å². The van der Waals surface area contributed by atoms with Crippen LogP contribution < -0.4 is 0 Å². The molecule has 0 fully saturated rings. The number of hydrogen-bond acceptors (Lipinski definition) is 8. The molecule has 0 aliphatic carbocycles. The van der Waals surface area contributed by atoms with Crippen molar-refractivity contribution < 1.29 is 19.5 Å². The summed E-state index contributed by atoms with van der Waals surface area (Å²) in [4.78, 5) is 15.5. The van der Waals surface area contributed by atoms with E-state index in [1.165, 1.54) is 4.57 Å². The molecule has 0 aliphatic rings. The maximum absolute atomic E-state index is 11.2. The van der Waals surface area contributed by atoms with Crippen molar-refractivity contribution in [1.82, 2.24) is 24.5 Å². The quantitative estimate of drug-likeness (QED) is 0.506. The molecule has 4 rings (SSSR count). The molecule has 142 valence electrons. The van der Waals surface area contributed by atoms with Gasteiger partial charge in [-0.25, -0.2) is 4.98 Å². The molecule has 0 saturated heterocycles. The standard InChI is InChI=1S/C17H15N7O4/c1-9-7-11(21-23(9)2)14-15(16(27)28-22-14)19-20-17-18-10-5-3-4-6-12(10)24(17)8-13(25)26/h3-7,27H,8H2,1-2H3,(H,25,26). The molecule has 11 heteroatoms. The summed E-state index contributed by atoms with van der Waals surface area (Å²) >= 11 is 0. The molecule has 0 bridgehead atoms. The minimum Gasteiger partial charge on any atom is -0.480 e. The van der Waals surface area contributed by atoms with Crippen molar-refractivity contribution in [2.45, 2.75) is 13.5 Å².